The van der Waals surface area contributed by atoms with E-state index >= 15 is 0 Å². The highest BCUT2D eigenvalue weighted by Crippen LogP contribution is 2.36. The summed E-state index contributed by atoms with van der Waals surface area (Å²) in [4.78, 5) is 15.6. The van der Waals surface area contributed by atoms with Crippen molar-refractivity contribution in [3.05, 3.63) is 28.8 Å². The lowest BCUT2D eigenvalue weighted by Gasteiger charge is -2.35. The molecule has 2 fully saturated rings. The zero-order valence-electron chi connectivity index (χ0n) is 15.8. The zero-order chi connectivity index (χ0) is 21.2. The molecular weight excluding hydrogens is 431 g/mol. The Kier molecular flexibility index (Phi) is 6.77. The van der Waals surface area contributed by atoms with Crippen molar-refractivity contribution in [2.75, 3.05) is 45.8 Å². The van der Waals surface area contributed by atoms with Gasteiger partial charge >= 0.3 is 6.18 Å². The van der Waals surface area contributed by atoms with Crippen molar-refractivity contribution in [3.8, 4) is 0 Å². The highest BCUT2D eigenvalue weighted by molar-refractivity contribution is 7.89. The Labute approximate surface area is 173 Å². The summed E-state index contributed by atoms with van der Waals surface area (Å²) in [5.74, 6) is 0.0357. The van der Waals surface area contributed by atoms with E-state index in [9.17, 15) is 26.4 Å². The lowest BCUT2D eigenvalue weighted by Crippen LogP contribution is -2.51. The minimum Gasteiger partial charge on any atom is -0.342 e. The Morgan fingerprint density at radius 1 is 1.00 bits per heavy atom. The van der Waals surface area contributed by atoms with Crippen LogP contribution in [-0.2, 0) is 21.0 Å². The first-order chi connectivity index (χ1) is 13.6. The number of sulfonamides is 1. The highest BCUT2D eigenvalue weighted by Gasteiger charge is 2.36. The fourth-order valence-electron chi connectivity index (χ4n) is 3.59. The topological polar surface area (TPSA) is 60.9 Å². The Morgan fingerprint density at radius 3 is 2.21 bits per heavy atom. The quantitative estimate of drug-likeness (QED) is 0.703. The number of alkyl halides is 3. The molecule has 3 rings (SSSR count). The first-order valence-electron chi connectivity index (χ1n) is 9.46. The molecule has 1 aromatic carbocycles. The number of carbonyl (C=O) groups is 1. The van der Waals surface area contributed by atoms with Crippen molar-refractivity contribution in [3.63, 3.8) is 0 Å². The molecule has 1 aromatic rings. The van der Waals surface area contributed by atoms with E-state index in [-0.39, 0.29) is 25.5 Å². The summed E-state index contributed by atoms with van der Waals surface area (Å²) in [7, 11) is -4.08. The number of hydrogen-bond acceptors (Lipinski definition) is 4. The van der Waals surface area contributed by atoms with Crippen LogP contribution >= 0.6 is 11.6 Å². The number of rotatable bonds is 4. The van der Waals surface area contributed by atoms with Crippen LogP contribution in [0.2, 0.25) is 5.02 Å². The Bertz CT molecular complexity index is 850. The van der Waals surface area contributed by atoms with Crippen LogP contribution in [0, 0.1) is 0 Å². The average molecular weight is 454 g/mol. The maximum atomic E-state index is 13.0. The van der Waals surface area contributed by atoms with Gasteiger partial charge in [-0.1, -0.05) is 11.6 Å². The summed E-state index contributed by atoms with van der Waals surface area (Å²) in [5, 5.41) is -0.544. The van der Waals surface area contributed by atoms with Crippen LogP contribution in [0.4, 0.5) is 13.2 Å². The van der Waals surface area contributed by atoms with Gasteiger partial charge < -0.3 is 4.90 Å². The third-order valence-corrected chi connectivity index (χ3v) is 7.50. The van der Waals surface area contributed by atoms with Crippen molar-refractivity contribution < 1.29 is 26.4 Å². The number of amides is 1. The van der Waals surface area contributed by atoms with Crippen LogP contribution in [0.5, 0.6) is 0 Å². The van der Waals surface area contributed by atoms with Gasteiger partial charge in [-0.3, -0.25) is 9.69 Å². The van der Waals surface area contributed by atoms with Gasteiger partial charge in [0.15, 0.2) is 0 Å². The largest absolute Gasteiger partial charge is 0.417 e. The van der Waals surface area contributed by atoms with Gasteiger partial charge in [-0.25, -0.2) is 8.42 Å². The van der Waals surface area contributed by atoms with Crippen molar-refractivity contribution in [1.29, 1.82) is 0 Å². The van der Waals surface area contributed by atoms with Gasteiger partial charge in [-0.2, -0.15) is 17.5 Å². The summed E-state index contributed by atoms with van der Waals surface area (Å²) in [5.41, 5.74) is -1.17. The molecule has 0 aromatic heterocycles. The second-order valence-electron chi connectivity index (χ2n) is 7.26. The van der Waals surface area contributed by atoms with Crippen LogP contribution in [-0.4, -0.2) is 74.2 Å². The minimum atomic E-state index is -4.74. The zero-order valence-corrected chi connectivity index (χ0v) is 17.4. The van der Waals surface area contributed by atoms with E-state index in [2.05, 4.69) is 0 Å². The van der Waals surface area contributed by atoms with Gasteiger partial charge in [0.25, 0.3) is 0 Å². The van der Waals surface area contributed by atoms with E-state index in [4.69, 9.17) is 11.6 Å². The molecule has 2 aliphatic heterocycles. The maximum absolute atomic E-state index is 13.0. The van der Waals surface area contributed by atoms with Crippen molar-refractivity contribution in [2.24, 2.45) is 0 Å². The molecule has 29 heavy (non-hydrogen) atoms. The minimum absolute atomic E-state index is 0.0357. The molecule has 0 unspecified atom stereocenters. The van der Waals surface area contributed by atoms with E-state index in [0.29, 0.717) is 19.2 Å². The molecule has 11 heteroatoms. The molecule has 2 heterocycles. The molecule has 2 aliphatic rings. The third-order valence-electron chi connectivity index (χ3n) is 5.28. The molecule has 6 nitrogen and oxygen atoms in total. The Hall–Kier alpha value is -1.36. The number of benzene rings is 1. The number of carbonyl (C=O) groups excluding carboxylic acids is 1. The monoisotopic (exact) mass is 453 g/mol. The predicted molar refractivity (Wildman–Crippen MR) is 102 cm³/mol. The lowest BCUT2D eigenvalue weighted by atomic mass is 10.1. The number of piperidine rings is 1. The highest BCUT2D eigenvalue weighted by atomic mass is 35.5. The van der Waals surface area contributed by atoms with Gasteiger partial charge in [0.1, 0.15) is 0 Å². The van der Waals surface area contributed by atoms with E-state index in [1.165, 1.54) is 0 Å². The fourth-order valence-corrected chi connectivity index (χ4v) is 5.27. The van der Waals surface area contributed by atoms with Crippen molar-refractivity contribution >= 4 is 27.5 Å². The van der Waals surface area contributed by atoms with Crippen LogP contribution in [0.15, 0.2) is 23.1 Å². The third kappa shape index (κ3) is 5.22. The number of nitrogens with zero attached hydrogens (tertiary/aromatic N) is 3. The second kappa shape index (κ2) is 8.79. The predicted octanol–water partition coefficient (Wildman–Crippen LogP) is 2.68. The first-order valence-corrected chi connectivity index (χ1v) is 11.3. The second-order valence-corrected chi connectivity index (χ2v) is 9.61. The van der Waals surface area contributed by atoms with Crippen molar-refractivity contribution in [2.45, 2.75) is 30.3 Å². The molecule has 0 spiro atoms. The molecule has 162 valence electrons. The molecule has 2 saturated heterocycles. The lowest BCUT2D eigenvalue weighted by molar-refractivity contribution is -0.137. The van der Waals surface area contributed by atoms with Crippen LogP contribution in [0.25, 0.3) is 0 Å². The van der Waals surface area contributed by atoms with E-state index < -0.39 is 31.7 Å². The molecular formula is C18H23ClF3N3O3S. The van der Waals surface area contributed by atoms with Crippen LogP contribution in [0.3, 0.4) is 0 Å². The summed E-state index contributed by atoms with van der Waals surface area (Å²) in [6.45, 7) is 2.65. The smallest absolute Gasteiger partial charge is 0.342 e. The van der Waals surface area contributed by atoms with Gasteiger partial charge in [-0.15, -0.1) is 0 Å². The number of piperazine rings is 1. The SMILES string of the molecule is O=C(CN1CCN(S(=O)(=O)c2ccc(Cl)c(C(F)(F)F)c2)CC1)N1CCCCC1. The number of hydrogen-bond donors (Lipinski definition) is 0. The molecule has 0 aliphatic carbocycles. The number of likely N-dealkylation sites (tertiary alicyclic amines) is 1. The molecule has 0 bridgehead atoms. The first kappa shape index (κ1) is 22.3. The fraction of sp³-hybridized carbons (Fsp3) is 0.611. The van der Waals surface area contributed by atoms with Gasteiger partial charge in [0.2, 0.25) is 15.9 Å². The molecule has 0 radical (unpaired) electrons. The van der Waals surface area contributed by atoms with Gasteiger partial charge in [0, 0.05) is 39.3 Å². The normalized spacial score (nSPS) is 20.1. The molecule has 0 atom stereocenters. The maximum Gasteiger partial charge on any atom is 0.417 e. The van der Waals surface area contributed by atoms with Crippen LogP contribution < -0.4 is 0 Å². The Morgan fingerprint density at radius 2 is 1.62 bits per heavy atom. The summed E-state index contributed by atoms with van der Waals surface area (Å²) in [6.07, 6.45) is -1.62. The Balaban J connectivity index is 1.63. The standard InChI is InChI=1S/C18H23ClF3N3O3S/c19-16-5-4-14(12-15(16)18(20,21)22)29(27,28)25-10-8-23(9-11-25)13-17(26)24-6-2-1-3-7-24/h4-5,12H,1-3,6-11,13H2. The molecule has 1 amide bonds. The van der Waals surface area contributed by atoms with Gasteiger partial charge in [-0.05, 0) is 37.5 Å². The van der Waals surface area contributed by atoms with E-state index in [0.717, 1.165) is 48.8 Å². The number of halogens is 4. The van der Waals surface area contributed by atoms with Crippen molar-refractivity contribution in [1.82, 2.24) is 14.1 Å². The van der Waals surface area contributed by atoms with Crippen LogP contribution in [0.1, 0.15) is 24.8 Å². The molecule has 0 saturated carbocycles. The average Bonchev–Trinajstić information content (AvgIpc) is 2.68. The van der Waals surface area contributed by atoms with E-state index in [1.54, 1.807) is 0 Å². The molecule has 0 N–H and O–H groups in total. The van der Waals surface area contributed by atoms with E-state index in [1.807, 2.05) is 9.80 Å². The summed E-state index contributed by atoms with van der Waals surface area (Å²) in [6, 6.07) is 2.61. The van der Waals surface area contributed by atoms with Gasteiger partial charge in [0.05, 0.1) is 22.0 Å². The summed E-state index contributed by atoms with van der Waals surface area (Å²) >= 11 is 5.58. The summed E-state index contributed by atoms with van der Waals surface area (Å²) < 4.78 is 65.9.